The average molecular weight is 393 g/mol. The number of methoxy groups -OCH3 is 4. The molecule has 0 bridgehead atoms. The largest absolute Gasteiger partial charge is 0.497 e. The number of hydrogen-bond acceptors (Lipinski definition) is 7. The number of ether oxygens (including phenoxy) is 4. The zero-order valence-corrected chi connectivity index (χ0v) is 16.5. The Morgan fingerprint density at radius 2 is 1.48 bits per heavy atom. The Balaban J connectivity index is 2.33. The highest BCUT2D eigenvalue weighted by molar-refractivity contribution is 7.93. The molecule has 0 aromatic heterocycles. The predicted octanol–water partition coefficient (Wildman–Crippen LogP) is 2.89. The van der Waals surface area contributed by atoms with E-state index in [1.165, 1.54) is 34.5 Å². The SMILES string of the molecule is COc1ccc(CS(=O)(=O)/C=C/c2c(OC)cc(OC)cc2OC)c(N)c1. The first-order chi connectivity index (χ1) is 12.8. The minimum atomic E-state index is -3.58. The fourth-order valence-electron chi connectivity index (χ4n) is 2.46. The van der Waals surface area contributed by atoms with Crippen LogP contribution in [0, 0.1) is 0 Å². The minimum Gasteiger partial charge on any atom is -0.497 e. The number of nitrogen functional groups attached to an aromatic ring is 1. The molecule has 0 aliphatic rings. The summed E-state index contributed by atoms with van der Waals surface area (Å²) in [5.74, 6) is 1.73. The lowest BCUT2D eigenvalue weighted by molar-refractivity contribution is 0.374. The monoisotopic (exact) mass is 393 g/mol. The van der Waals surface area contributed by atoms with Gasteiger partial charge in [0.15, 0.2) is 9.84 Å². The molecule has 0 aliphatic carbocycles. The molecule has 0 heterocycles. The first kappa shape index (κ1) is 20.4. The number of benzene rings is 2. The molecule has 0 saturated carbocycles. The summed E-state index contributed by atoms with van der Waals surface area (Å²) in [7, 11) is 2.42. The zero-order valence-electron chi connectivity index (χ0n) is 15.7. The Kier molecular flexibility index (Phi) is 6.57. The Bertz CT molecular complexity index is 912. The summed E-state index contributed by atoms with van der Waals surface area (Å²) < 4.78 is 45.9. The molecular weight excluding hydrogens is 370 g/mol. The van der Waals surface area contributed by atoms with Crippen molar-refractivity contribution in [3.05, 3.63) is 46.9 Å². The van der Waals surface area contributed by atoms with Crippen LogP contribution in [-0.4, -0.2) is 36.9 Å². The van der Waals surface area contributed by atoms with Crippen molar-refractivity contribution < 1.29 is 27.4 Å². The third-order valence-corrected chi connectivity index (χ3v) is 5.17. The summed E-state index contributed by atoms with van der Waals surface area (Å²) in [5, 5.41) is 1.11. The molecule has 0 atom stereocenters. The molecular formula is C19H23NO6S. The lowest BCUT2D eigenvalue weighted by Crippen LogP contribution is -2.04. The molecule has 2 rings (SSSR count). The topological polar surface area (TPSA) is 97.1 Å². The molecule has 2 N–H and O–H groups in total. The van der Waals surface area contributed by atoms with E-state index in [0.717, 1.165) is 5.41 Å². The fraction of sp³-hybridized carbons (Fsp3) is 0.263. The second-order valence-corrected chi connectivity index (χ2v) is 7.51. The van der Waals surface area contributed by atoms with Gasteiger partial charge in [0, 0.05) is 29.3 Å². The Morgan fingerprint density at radius 3 is 1.96 bits per heavy atom. The van der Waals surface area contributed by atoms with Crippen LogP contribution in [0.3, 0.4) is 0 Å². The maximum absolute atomic E-state index is 12.5. The molecule has 0 unspecified atom stereocenters. The maximum atomic E-state index is 12.5. The highest BCUT2D eigenvalue weighted by Gasteiger charge is 2.15. The Hall–Kier alpha value is -2.87. The van der Waals surface area contributed by atoms with Crippen LogP contribution < -0.4 is 24.7 Å². The van der Waals surface area contributed by atoms with Crippen LogP contribution in [-0.2, 0) is 15.6 Å². The van der Waals surface area contributed by atoms with Gasteiger partial charge in [0.1, 0.15) is 23.0 Å². The van der Waals surface area contributed by atoms with Crippen molar-refractivity contribution in [2.45, 2.75) is 5.75 Å². The molecule has 0 spiro atoms. The summed E-state index contributed by atoms with van der Waals surface area (Å²) in [4.78, 5) is 0. The smallest absolute Gasteiger partial charge is 0.175 e. The van der Waals surface area contributed by atoms with Gasteiger partial charge < -0.3 is 24.7 Å². The second kappa shape index (κ2) is 8.68. The minimum absolute atomic E-state index is 0.236. The molecule has 2 aromatic carbocycles. The first-order valence-electron chi connectivity index (χ1n) is 7.96. The normalized spacial score (nSPS) is 11.4. The molecule has 0 amide bonds. The van der Waals surface area contributed by atoms with Gasteiger partial charge in [-0.05, 0) is 17.7 Å². The van der Waals surface area contributed by atoms with Crippen molar-refractivity contribution in [3.8, 4) is 23.0 Å². The summed E-state index contributed by atoms with van der Waals surface area (Å²) >= 11 is 0. The predicted molar refractivity (Wildman–Crippen MR) is 105 cm³/mol. The summed E-state index contributed by atoms with van der Waals surface area (Å²) in [6.45, 7) is 0. The van der Waals surface area contributed by atoms with Gasteiger partial charge in [-0.3, -0.25) is 0 Å². The van der Waals surface area contributed by atoms with Crippen molar-refractivity contribution in [1.82, 2.24) is 0 Å². The van der Waals surface area contributed by atoms with E-state index < -0.39 is 9.84 Å². The Morgan fingerprint density at radius 1 is 0.889 bits per heavy atom. The van der Waals surface area contributed by atoms with Gasteiger partial charge in [0.25, 0.3) is 0 Å². The van der Waals surface area contributed by atoms with Gasteiger partial charge in [0.05, 0.1) is 39.8 Å². The molecule has 0 saturated heterocycles. The third-order valence-electron chi connectivity index (χ3n) is 3.90. The van der Waals surface area contributed by atoms with E-state index in [0.29, 0.717) is 39.8 Å². The molecule has 0 radical (unpaired) electrons. The highest BCUT2D eigenvalue weighted by atomic mass is 32.2. The summed E-state index contributed by atoms with van der Waals surface area (Å²) in [6.07, 6.45) is 1.44. The number of nitrogens with two attached hydrogens (primary N) is 1. The number of hydrogen-bond donors (Lipinski definition) is 1. The van der Waals surface area contributed by atoms with E-state index in [2.05, 4.69) is 0 Å². The molecule has 27 heavy (non-hydrogen) atoms. The second-order valence-electron chi connectivity index (χ2n) is 5.62. The van der Waals surface area contributed by atoms with Crippen LogP contribution in [0.4, 0.5) is 5.69 Å². The third kappa shape index (κ3) is 5.07. The van der Waals surface area contributed by atoms with E-state index >= 15 is 0 Å². The molecule has 146 valence electrons. The van der Waals surface area contributed by atoms with Crippen LogP contribution in [0.1, 0.15) is 11.1 Å². The summed E-state index contributed by atoms with van der Waals surface area (Å²) in [5.41, 5.74) is 7.25. The van der Waals surface area contributed by atoms with E-state index in [1.807, 2.05) is 0 Å². The van der Waals surface area contributed by atoms with Crippen molar-refractivity contribution in [3.63, 3.8) is 0 Å². The van der Waals surface area contributed by atoms with E-state index in [-0.39, 0.29) is 5.75 Å². The standard InChI is InChI=1S/C19H23NO6S/c1-23-14-6-5-13(17(20)9-14)12-27(21,22)8-7-16-18(25-3)10-15(24-2)11-19(16)26-4/h5-11H,12,20H2,1-4H3/b8-7+. The van der Waals surface area contributed by atoms with Crippen LogP contribution in [0.5, 0.6) is 23.0 Å². The van der Waals surface area contributed by atoms with Gasteiger partial charge in [-0.15, -0.1) is 0 Å². The molecule has 8 heteroatoms. The van der Waals surface area contributed by atoms with Crippen molar-refractivity contribution in [1.29, 1.82) is 0 Å². The number of anilines is 1. The van der Waals surface area contributed by atoms with Crippen molar-refractivity contribution in [2.24, 2.45) is 0 Å². The van der Waals surface area contributed by atoms with Crippen molar-refractivity contribution in [2.75, 3.05) is 34.2 Å². The van der Waals surface area contributed by atoms with Crippen LogP contribution in [0.2, 0.25) is 0 Å². The molecule has 7 nitrogen and oxygen atoms in total. The summed E-state index contributed by atoms with van der Waals surface area (Å²) in [6, 6.07) is 8.19. The van der Waals surface area contributed by atoms with Gasteiger partial charge in [-0.1, -0.05) is 6.07 Å². The van der Waals surface area contributed by atoms with Gasteiger partial charge >= 0.3 is 0 Å². The molecule has 0 aliphatic heterocycles. The molecule has 0 fully saturated rings. The lowest BCUT2D eigenvalue weighted by Gasteiger charge is -2.12. The quantitative estimate of drug-likeness (QED) is 0.689. The zero-order chi connectivity index (χ0) is 20.0. The first-order valence-corrected chi connectivity index (χ1v) is 9.68. The van der Waals surface area contributed by atoms with Crippen LogP contribution in [0.15, 0.2) is 35.7 Å². The van der Waals surface area contributed by atoms with Crippen LogP contribution in [0.25, 0.3) is 6.08 Å². The van der Waals surface area contributed by atoms with Crippen LogP contribution >= 0.6 is 0 Å². The van der Waals surface area contributed by atoms with E-state index in [1.54, 1.807) is 30.3 Å². The van der Waals surface area contributed by atoms with E-state index in [9.17, 15) is 8.42 Å². The molecule has 2 aromatic rings. The van der Waals surface area contributed by atoms with Gasteiger partial charge in [0.2, 0.25) is 0 Å². The Labute approximate surface area is 159 Å². The fourth-order valence-corrected chi connectivity index (χ4v) is 3.60. The lowest BCUT2D eigenvalue weighted by atomic mass is 10.1. The van der Waals surface area contributed by atoms with Gasteiger partial charge in [-0.25, -0.2) is 8.42 Å². The highest BCUT2D eigenvalue weighted by Crippen LogP contribution is 2.35. The van der Waals surface area contributed by atoms with E-state index in [4.69, 9.17) is 24.7 Å². The van der Waals surface area contributed by atoms with Crippen molar-refractivity contribution >= 4 is 21.6 Å². The number of rotatable bonds is 8. The average Bonchev–Trinajstić information content (AvgIpc) is 2.66. The van der Waals surface area contributed by atoms with Gasteiger partial charge in [-0.2, -0.15) is 0 Å². The number of sulfone groups is 1. The maximum Gasteiger partial charge on any atom is 0.175 e.